The maximum absolute atomic E-state index is 12.6. The number of ether oxygens (including phenoxy) is 1. The highest BCUT2D eigenvalue weighted by Crippen LogP contribution is 2.27. The van der Waals surface area contributed by atoms with Crippen LogP contribution in [0.1, 0.15) is 44.6 Å². The minimum atomic E-state index is -0.0173. The molecule has 1 aromatic carbocycles. The first-order chi connectivity index (χ1) is 12.2. The molecule has 2 amide bonds. The first-order valence-corrected chi connectivity index (χ1v) is 9.71. The van der Waals surface area contributed by atoms with E-state index >= 15 is 0 Å². The van der Waals surface area contributed by atoms with Crippen molar-refractivity contribution in [2.75, 3.05) is 38.1 Å². The van der Waals surface area contributed by atoms with Crippen LogP contribution < -0.4 is 10.1 Å². The fourth-order valence-corrected chi connectivity index (χ4v) is 3.82. The topological polar surface area (TPSA) is 44.8 Å². The fraction of sp³-hybridized carbons (Fsp3) is 0.650. The molecule has 0 bridgehead atoms. The Hall–Kier alpha value is -1.75. The Morgan fingerprint density at radius 2 is 1.92 bits per heavy atom. The van der Waals surface area contributed by atoms with Gasteiger partial charge in [0.05, 0.1) is 12.3 Å². The number of nitrogens with one attached hydrogen (secondary N) is 1. The Bertz CT molecular complexity index is 576. The lowest BCUT2D eigenvalue weighted by atomic mass is 10.2. The summed E-state index contributed by atoms with van der Waals surface area (Å²) in [4.78, 5) is 17.1. The van der Waals surface area contributed by atoms with Crippen LogP contribution in [0.4, 0.5) is 10.5 Å². The Morgan fingerprint density at radius 1 is 1.20 bits per heavy atom. The molecule has 138 valence electrons. The number of anilines is 1. The van der Waals surface area contributed by atoms with Gasteiger partial charge in [0.1, 0.15) is 5.75 Å². The summed E-state index contributed by atoms with van der Waals surface area (Å²) in [6, 6.07) is 6.66. The Morgan fingerprint density at radius 3 is 2.60 bits per heavy atom. The van der Waals surface area contributed by atoms with E-state index in [0.717, 1.165) is 55.6 Å². The summed E-state index contributed by atoms with van der Waals surface area (Å²) in [5, 5.41) is 3.04. The summed E-state index contributed by atoms with van der Waals surface area (Å²) in [7, 11) is 0. The van der Waals surface area contributed by atoms with E-state index in [9.17, 15) is 4.79 Å². The number of carbonyl (C=O) groups is 1. The highest BCUT2D eigenvalue weighted by atomic mass is 16.5. The van der Waals surface area contributed by atoms with E-state index in [1.54, 1.807) is 0 Å². The standard InChI is InChI=1S/C20H31N3O2/c1-3-14-25-19-15-16(2)8-9-18(19)21-20(24)23-12-10-22(11-13-23)17-6-4-5-7-17/h8-9,15,17H,3-7,10-14H2,1-2H3,(H,21,24). The summed E-state index contributed by atoms with van der Waals surface area (Å²) < 4.78 is 5.80. The van der Waals surface area contributed by atoms with E-state index in [1.165, 1.54) is 25.7 Å². The summed E-state index contributed by atoms with van der Waals surface area (Å²) in [5.74, 6) is 0.764. The predicted octanol–water partition coefficient (Wildman–Crippen LogP) is 3.88. The van der Waals surface area contributed by atoms with Crippen molar-refractivity contribution in [2.24, 2.45) is 0 Å². The molecule has 1 heterocycles. The zero-order valence-electron chi connectivity index (χ0n) is 15.6. The lowest BCUT2D eigenvalue weighted by Crippen LogP contribution is -2.52. The van der Waals surface area contributed by atoms with Gasteiger partial charge in [0.2, 0.25) is 0 Å². The zero-order chi connectivity index (χ0) is 17.6. The number of hydrogen-bond donors (Lipinski definition) is 1. The number of rotatable bonds is 5. The zero-order valence-corrected chi connectivity index (χ0v) is 15.6. The molecule has 2 aliphatic rings. The molecule has 0 radical (unpaired) electrons. The van der Waals surface area contributed by atoms with Gasteiger partial charge in [0.15, 0.2) is 0 Å². The maximum atomic E-state index is 12.6. The largest absolute Gasteiger partial charge is 0.491 e. The molecule has 5 heteroatoms. The van der Waals surface area contributed by atoms with Gasteiger partial charge in [-0.25, -0.2) is 4.79 Å². The molecule has 1 aromatic rings. The number of carbonyl (C=O) groups excluding carboxylic acids is 1. The first kappa shape index (κ1) is 18.1. The van der Waals surface area contributed by atoms with Gasteiger partial charge in [-0.1, -0.05) is 25.8 Å². The van der Waals surface area contributed by atoms with Gasteiger partial charge >= 0.3 is 6.03 Å². The van der Waals surface area contributed by atoms with Crippen molar-refractivity contribution in [3.63, 3.8) is 0 Å². The van der Waals surface area contributed by atoms with Gasteiger partial charge < -0.3 is 15.0 Å². The smallest absolute Gasteiger partial charge is 0.322 e. The van der Waals surface area contributed by atoms with Crippen molar-refractivity contribution in [1.82, 2.24) is 9.80 Å². The minimum Gasteiger partial charge on any atom is -0.491 e. The number of urea groups is 1. The van der Waals surface area contributed by atoms with Gasteiger partial charge in [-0.15, -0.1) is 0 Å². The lowest BCUT2D eigenvalue weighted by molar-refractivity contribution is 0.115. The molecule has 1 N–H and O–H groups in total. The van der Waals surface area contributed by atoms with Crippen molar-refractivity contribution in [3.05, 3.63) is 23.8 Å². The van der Waals surface area contributed by atoms with Crippen LogP contribution in [-0.4, -0.2) is 54.7 Å². The van der Waals surface area contributed by atoms with Crippen LogP contribution >= 0.6 is 0 Å². The summed E-state index contributed by atoms with van der Waals surface area (Å²) in [6.07, 6.45) is 6.32. The third-order valence-electron chi connectivity index (χ3n) is 5.28. The van der Waals surface area contributed by atoms with Crippen LogP contribution in [0.3, 0.4) is 0 Å². The SMILES string of the molecule is CCCOc1cc(C)ccc1NC(=O)N1CCN(C2CCCC2)CC1. The quantitative estimate of drug-likeness (QED) is 0.881. The number of nitrogens with zero attached hydrogens (tertiary/aromatic N) is 2. The van der Waals surface area contributed by atoms with E-state index < -0.39 is 0 Å². The number of aryl methyl sites for hydroxylation is 1. The first-order valence-electron chi connectivity index (χ1n) is 9.71. The van der Waals surface area contributed by atoms with E-state index in [2.05, 4.69) is 17.1 Å². The molecule has 1 aliphatic heterocycles. The number of hydrogen-bond acceptors (Lipinski definition) is 3. The normalized spacial score (nSPS) is 19.2. The van der Waals surface area contributed by atoms with Crippen LogP contribution in [0.2, 0.25) is 0 Å². The average Bonchev–Trinajstić information content (AvgIpc) is 3.16. The molecular formula is C20H31N3O2. The molecule has 1 aliphatic carbocycles. The third kappa shape index (κ3) is 4.66. The fourth-order valence-electron chi connectivity index (χ4n) is 3.82. The van der Waals surface area contributed by atoms with E-state index in [0.29, 0.717) is 6.61 Å². The van der Waals surface area contributed by atoms with E-state index in [1.807, 2.05) is 30.0 Å². The Kier molecular flexibility index (Phi) is 6.19. The van der Waals surface area contributed by atoms with Crippen molar-refractivity contribution in [1.29, 1.82) is 0 Å². The van der Waals surface area contributed by atoms with Crippen molar-refractivity contribution in [3.8, 4) is 5.75 Å². The van der Waals surface area contributed by atoms with Crippen LogP contribution in [-0.2, 0) is 0 Å². The van der Waals surface area contributed by atoms with Gasteiger partial charge in [0.25, 0.3) is 0 Å². The molecule has 25 heavy (non-hydrogen) atoms. The third-order valence-corrected chi connectivity index (χ3v) is 5.28. The Balaban J connectivity index is 1.55. The summed E-state index contributed by atoms with van der Waals surface area (Å²) >= 11 is 0. The van der Waals surface area contributed by atoms with Crippen molar-refractivity contribution < 1.29 is 9.53 Å². The Labute approximate surface area is 151 Å². The van der Waals surface area contributed by atoms with Crippen LogP contribution in [0.15, 0.2) is 18.2 Å². The summed E-state index contributed by atoms with van der Waals surface area (Å²) in [5.41, 5.74) is 1.90. The molecule has 0 atom stereocenters. The van der Waals surface area contributed by atoms with Gasteiger partial charge in [-0.2, -0.15) is 0 Å². The lowest BCUT2D eigenvalue weighted by Gasteiger charge is -2.38. The molecule has 2 fully saturated rings. The highest BCUT2D eigenvalue weighted by molar-refractivity contribution is 5.91. The number of benzene rings is 1. The van der Waals surface area contributed by atoms with Crippen LogP contribution in [0.5, 0.6) is 5.75 Å². The molecular weight excluding hydrogens is 314 g/mol. The van der Waals surface area contributed by atoms with Crippen molar-refractivity contribution >= 4 is 11.7 Å². The second-order valence-electron chi connectivity index (χ2n) is 7.24. The molecule has 1 saturated heterocycles. The average molecular weight is 345 g/mol. The minimum absolute atomic E-state index is 0.0173. The highest BCUT2D eigenvalue weighted by Gasteiger charge is 2.28. The molecule has 3 rings (SSSR count). The molecule has 0 spiro atoms. The maximum Gasteiger partial charge on any atom is 0.322 e. The molecule has 0 unspecified atom stereocenters. The molecule has 0 aromatic heterocycles. The number of amides is 2. The second kappa shape index (κ2) is 8.56. The van der Waals surface area contributed by atoms with Crippen molar-refractivity contribution in [2.45, 2.75) is 52.0 Å². The van der Waals surface area contributed by atoms with Crippen LogP contribution in [0, 0.1) is 6.92 Å². The van der Waals surface area contributed by atoms with Gasteiger partial charge in [-0.3, -0.25) is 4.90 Å². The van der Waals surface area contributed by atoms with E-state index in [-0.39, 0.29) is 6.03 Å². The molecule has 5 nitrogen and oxygen atoms in total. The number of piperazine rings is 1. The summed E-state index contributed by atoms with van der Waals surface area (Å²) in [6.45, 7) is 8.37. The van der Waals surface area contributed by atoms with Crippen LogP contribution in [0.25, 0.3) is 0 Å². The van der Waals surface area contributed by atoms with E-state index in [4.69, 9.17) is 4.74 Å². The predicted molar refractivity (Wildman–Crippen MR) is 101 cm³/mol. The second-order valence-corrected chi connectivity index (χ2v) is 7.24. The monoisotopic (exact) mass is 345 g/mol. The molecule has 1 saturated carbocycles. The van der Waals surface area contributed by atoms with Gasteiger partial charge in [0, 0.05) is 32.2 Å². The van der Waals surface area contributed by atoms with Gasteiger partial charge in [-0.05, 0) is 43.9 Å².